The van der Waals surface area contributed by atoms with Gasteiger partial charge >= 0.3 is 0 Å². The first-order chi connectivity index (χ1) is 6.33. The molecule has 13 heavy (non-hydrogen) atoms. The molecule has 0 unspecified atom stereocenters. The highest BCUT2D eigenvalue weighted by molar-refractivity contribution is 5.34. The third-order valence-electron chi connectivity index (χ3n) is 1.55. The third-order valence-corrected chi connectivity index (χ3v) is 1.55. The van der Waals surface area contributed by atoms with Crippen molar-refractivity contribution in [2.45, 2.75) is 12.8 Å². The van der Waals surface area contributed by atoms with Crippen LogP contribution in [-0.2, 0) is 0 Å². The largest absolute Gasteiger partial charge is 0.396 e. The number of nitrogens with one attached hydrogen (secondary N) is 1. The lowest BCUT2D eigenvalue weighted by Crippen LogP contribution is -2.06. The first-order valence-corrected chi connectivity index (χ1v) is 4.26. The molecule has 0 saturated carbocycles. The van der Waals surface area contributed by atoms with Gasteiger partial charge in [0, 0.05) is 19.3 Å². The van der Waals surface area contributed by atoms with Crippen LogP contribution in [0, 0.1) is 0 Å². The smallest absolute Gasteiger partial charge is 0.224 e. The molecule has 4 N–H and O–H groups in total. The van der Waals surface area contributed by atoms with E-state index in [9.17, 15) is 0 Å². The van der Waals surface area contributed by atoms with Gasteiger partial charge in [0.05, 0.1) is 0 Å². The van der Waals surface area contributed by atoms with E-state index in [-0.39, 0.29) is 6.61 Å². The van der Waals surface area contributed by atoms with Crippen molar-refractivity contribution in [3.63, 3.8) is 0 Å². The first kappa shape index (κ1) is 9.73. The van der Waals surface area contributed by atoms with Gasteiger partial charge in [-0.15, -0.1) is 0 Å². The number of rotatable bonds is 5. The summed E-state index contributed by atoms with van der Waals surface area (Å²) in [6.45, 7) is 0.976. The lowest BCUT2D eigenvalue weighted by atomic mass is 10.3. The zero-order valence-electron chi connectivity index (χ0n) is 7.40. The van der Waals surface area contributed by atoms with Crippen LogP contribution in [0.25, 0.3) is 0 Å². The SMILES string of the molecule is Nc1ccnc(NCCCCO)n1. The Balaban J connectivity index is 2.28. The molecule has 1 aromatic heterocycles. The van der Waals surface area contributed by atoms with Crippen LogP contribution < -0.4 is 11.1 Å². The van der Waals surface area contributed by atoms with Crippen LogP contribution >= 0.6 is 0 Å². The molecule has 0 aliphatic rings. The summed E-state index contributed by atoms with van der Waals surface area (Å²) >= 11 is 0. The van der Waals surface area contributed by atoms with E-state index in [1.54, 1.807) is 12.3 Å². The van der Waals surface area contributed by atoms with E-state index < -0.39 is 0 Å². The molecule has 0 saturated heterocycles. The van der Waals surface area contributed by atoms with Crippen LogP contribution in [0.2, 0.25) is 0 Å². The second-order valence-corrected chi connectivity index (χ2v) is 2.66. The fourth-order valence-corrected chi connectivity index (χ4v) is 0.895. The molecule has 0 aromatic carbocycles. The lowest BCUT2D eigenvalue weighted by molar-refractivity contribution is 0.286. The second kappa shape index (κ2) is 5.31. The number of aliphatic hydroxyl groups excluding tert-OH is 1. The van der Waals surface area contributed by atoms with E-state index in [2.05, 4.69) is 15.3 Å². The average Bonchev–Trinajstić information content (AvgIpc) is 2.13. The van der Waals surface area contributed by atoms with Crippen molar-refractivity contribution in [3.8, 4) is 0 Å². The van der Waals surface area contributed by atoms with Gasteiger partial charge in [0.1, 0.15) is 5.82 Å². The monoisotopic (exact) mass is 182 g/mol. The quantitative estimate of drug-likeness (QED) is 0.568. The number of aliphatic hydroxyl groups is 1. The van der Waals surface area contributed by atoms with E-state index >= 15 is 0 Å². The minimum absolute atomic E-state index is 0.222. The summed E-state index contributed by atoms with van der Waals surface area (Å²) in [6.07, 6.45) is 3.29. The molecule has 0 bridgehead atoms. The summed E-state index contributed by atoms with van der Waals surface area (Å²) in [6, 6.07) is 1.64. The molecular weight excluding hydrogens is 168 g/mol. The van der Waals surface area contributed by atoms with Crippen molar-refractivity contribution in [1.82, 2.24) is 9.97 Å². The van der Waals surface area contributed by atoms with Gasteiger partial charge in [0.15, 0.2) is 0 Å². The average molecular weight is 182 g/mol. The van der Waals surface area contributed by atoms with E-state index in [0.717, 1.165) is 19.4 Å². The van der Waals surface area contributed by atoms with E-state index in [1.165, 1.54) is 0 Å². The number of nitrogens with zero attached hydrogens (tertiary/aromatic N) is 2. The molecule has 0 atom stereocenters. The number of hydrogen-bond donors (Lipinski definition) is 3. The van der Waals surface area contributed by atoms with Crippen molar-refractivity contribution in [2.24, 2.45) is 0 Å². The standard InChI is InChI=1S/C8H14N4O/c9-7-3-5-11-8(12-7)10-4-1-2-6-13/h3,5,13H,1-2,4,6H2,(H3,9,10,11,12). The lowest BCUT2D eigenvalue weighted by Gasteiger charge is -2.03. The predicted octanol–water partition coefficient (Wildman–Crippen LogP) is 0.243. The molecule has 0 aliphatic carbocycles. The van der Waals surface area contributed by atoms with Crippen molar-refractivity contribution < 1.29 is 5.11 Å². The number of nitrogens with two attached hydrogens (primary N) is 1. The number of hydrogen-bond acceptors (Lipinski definition) is 5. The highest BCUT2D eigenvalue weighted by Crippen LogP contribution is 2.01. The molecule has 0 fully saturated rings. The van der Waals surface area contributed by atoms with Gasteiger partial charge in [-0.25, -0.2) is 4.98 Å². The van der Waals surface area contributed by atoms with Gasteiger partial charge < -0.3 is 16.2 Å². The molecule has 1 heterocycles. The minimum atomic E-state index is 0.222. The van der Waals surface area contributed by atoms with Crippen molar-refractivity contribution in [1.29, 1.82) is 0 Å². The Kier molecular flexibility index (Phi) is 3.98. The summed E-state index contributed by atoms with van der Waals surface area (Å²) in [7, 11) is 0. The van der Waals surface area contributed by atoms with E-state index in [1.807, 2.05) is 0 Å². The third kappa shape index (κ3) is 3.71. The van der Waals surface area contributed by atoms with Crippen molar-refractivity contribution in [3.05, 3.63) is 12.3 Å². The molecule has 1 aromatic rings. The molecule has 5 heteroatoms. The fourth-order valence-electron chi connectivity index (χ4n) is 0.895. The Hall–Kier alpha value is -1.36. The maximum Gasteiger partial charge on any atom is 0.224 e. The second-order valence-electron chi connectivity index (χ2n) is 2.66. The number of nitrogen functional groups attached to an aromatic ring is 1. The topological polar surface area (TPSA) is 84.1 Å². The molecule has 0 amide bonds. The predicted molar refractivity (Wildman–Crippen MR) is 51.3 cm³/mol. The molecule has 1 rings (SSSR count). The number of unbranched alkanes of at least 4 members (excludes halogenated alkanes) is 1. The zero-order chi connectivity index (χ0) is 9.52. The van der Waals surface area contributed by atoms with Crippen LogP contribution in [0.5, 0.6) is 0 Å². The Bertz CT molecular complexity index is 254. The van der Waals surface area contributed by atoms with Gasteiger partial charge in [-0.05, 0) is 18.9 Å². The van der Waals surface area contributed by atoms with Gasteiger partial charge in [-0.3, -0.25) is 0 Å². The molecule has 72 valence electrons. The summed E-state index contributed by atoms with van der Waals surface area (Å²) in [5.74, 6) is 0.998. The van der Waals surface area contributed by atoms with Gasteiger partial charge in [-0.1, -0.05) is 0 Å². The van der Waals surface area contributed by atoms with Crippen molar-refractivity contribution in [2.75, 3.05) is 24.2 Å². The maximum atomic E-state index is 8.53. The fraction of sp³-hybridized carbons (Fsp3) is 0.500. The summed E-state index contributed by atoms with van der Waals surface area (Å²) in [5, 5.41) is 11.5. The Morgan fingerprint density at radius 2 is 2.31 bits per heavy atom. The summed E-state index contributed by atoms with van der Waals surface area (Å²) in [4.78, 5) is 7.94. The van der Waals surface area contributed by atoms with Crippen LogP contribution in [0.1, 0.15) is 12.8 Å². The zero-order valence-corrected chi connectivity index (χ0v) is 7.40. The van der Waals surface area contributed by atoms with Crippen LogP contribution in [0.15, 0.2) is 12.3 Å². The summed E-state index contributed by atoms with van der Waals surface area (Å²) in [5.41, 5.74) is 5.46. The number of anilines is 2. The molecule has 0 radical (unpaired) electrons. The summed E-state index contributed by atoms with van der Waals surface area (Å²) < 4.78 is 0. The van der Waals surface area contributed by atoms with E-state index in [0.29, 0.717) is 11.8 Å². The Morgan fingerprint density at radius 1 is 1.46 bits per heavy atom. The van der Waals surface area contributed by atoms with Crippen LogP contribution in [0.4, 0.5) is 11.8 Å². The maximum absolute atomic E-state index is 8.53. The van der Waals surface area contributed by atoms with E-state index in [4.69, 9.17) is 10.8 Å². The molecular formula is C8H14N4O. The number of aromatic nitrogens is 2. The van der Waals surface area contributed by atoms with Crippen LogP contribution in [0.3, 0.4) is 0 Å². The van der Waals surface area contributed by atoms with Crippen molar-refractivity contribution >= 4 is 11.8 Å². The Morgan fingerprint density at radius 3 is 3.00 bits per heavy atom. The van der Waals surface area contributed by atoms with Crippen LogP contribution in [-0.4, -0.2) is 28.2 Å². The minimum Gasteiger partial charge on any atom is -0.396 e. The molecule has 0 spiro atoms. The van der Waals surface area contributed by atoms with Gasteiger partial charge in [0.25, 0.3) is 0 Å². The Labute approximate surface area is 77.0 Å². The van der Waals surface area contributed by atoms with Gasteiger partial charge in [0.2, 0.25) is 5.95 Å². The highest BCUT2D eigenvalue weighted by atomic mass is 16.2. The highest BCUT2D eigenvalue weighted by Gasteiger charge is 1.94. The molecule has 0 aliphatic heterocycles. The molecule has 5 nitrogen and oxygen atoms in total. The van der Waals surface area contributed by atoms with Gasteiger partial charge in [-0.2, -0.15) is 4.98 Å². The first-order valence-electron chi connectivity index (χ1n) is 4.26. The normalized spacial score (nSPS) is 9.92.